The molecule has 0 saturated heterocycles. The molecule has 5 aromatic carbocycles. The molecule has 208 valence electrons. The predicted molar refractivity (Wildman–Crippen MR) is 158 cm³/mol. The smallest absolute Gasteiger partial charge is 0.335 e. The van der Waals surface area contributed by atoms with Gasteiger partial charge in [-0.15, -0.1) is 0 Å². The third-order valence-electron chi connectivity index (χ3n) is 5.65. The van der Waals surface area contributed by atoms with Gasteiger partial charge in [-0.2, -0.15) is 0 Å². The molecule has 0 atom stereocenters. The lowest BCUT2D eigenvalue weighted by Gasteiger charge is -2.13. The van der Waals surface area contributed by atoms with E-state index in [1.807, 2.05) is 24.3 Å². The SMILES string of the molecule is Fc1ccc([S+](c2ccc(F)cc2)c2ccc(F)cc2)cc1.O=C(O)c1ccc(OCc2ccc(I)cc2)cc1[O-]. The molecular formula is C32H22F3IO4S. The lowest BCUT2D eigenvalue weighted by molar-refractivity contribution is -0.268. The van der Waals surface area contributed by atoms with Crippen molar-refractivity contribution in [3.8, 4) is 11.5 Å². The van der Waals surface area contributed by atoms with E-state index in [9.17, 15) is 23.1 Å². The summed E-state index contributed by atoms with van der Waals surface area (Å²) in [4.78, 5) is 13.4. The summed E-state index contributed by atoms with van der Waals surface area (Å²) in [6, 6.07) is 30.3. The Kier molecular flexibility index (Phi) is 10.3. The summed E-state index contributed by atoms with van der Waals surface area (Å²) in [7, 11) is -0.539. The Balaban J connectivity index is 0.000000191. The van der Waals surface area contributed by atoms with Crippen molar-refractivity contribution in [1.82, 2.24) is 0 Å². The second-order valence-corrected chi connectivity index (χ2v) is 11.8. The molecule has 41 heavy (non-hydrogen) atoms. The fourth-order valence-corrected chi connectivity index (χ4v) is 6.04. The maximum absolute atomic E-state index is 13.2. The summed E-state index contributed by atoms with van der Waals surface area (Å²) in [5.41, 5.74) is 0.733. The zero-order valence-electron chi connectivity index (χ0n) is 21.3. The van der Waals surface area contributed by atoms with E-state index in [1.54, 1.807) is 36.4 Å². The molecule has 1 N–H and O–H groups in total. The van der Waals surface area contributed by atoms with E-state index in [0.29, 0.717) is 12.4 Å². The number of hydrogen-bond acceptors (Lipinski definition) is 3. The monoisotopic (exact) mass is 686 g/mol. The molecule has 0 spiro atoms. The zero-order valence-corrected chi connectivity index (χ0v) is 24.2. The molecule has 5 rings (SSSR count). The molecule has 0 fully saturated rings. The first-order valence-corrected chi connectivity index (χ1v) is 14.4. The number of benzene rings is 5. The quantitative estimate of drug-likeness (QED) is 0.140. The zero-order chi connectivity index (χ0) is 29.4. The minimum Gasteiger partial charge on any atom is -0.872 e. The first-order valence-electron chi connectivity index (χ1n) is 12.1. The summed E-state index contributed by atoms with van der Waals surface area (Å²) < 4.78 is 46.1. The number of carboxylic acids is 1. The first kappa shape index (κ1) is 30.0. The molecule has 5 aromatic rings. The van der Waals surface area contributed by atoms with E-state index >= 15 is 0 Å². The minimum atomic E-state index is -1.23. The Hall–Kier alpha value is -3.96. The van der Waals surface area contributed by atoms with Crippen LogP contribution in [0.25, 0.3) is 0 Å². The highest BCUT2D eigenvalue weighted by Gasteiger charge is 2.28. The third-order valence-corrected chi connectivity index (χ3v) is 8.60. The van der Waals surface area contributed by atoms with Crippen molar-refractivity contribution in [3.63, 3.8) is 0 Å². The lowest BCUT2D eigenvalue weighted by Crippen LogP contribution is -2.05. The Morgan fingerprint density at radius 2 is 1.15 bits per heavy atom. The summed E-state index contributed by atoms with van der Waals surface area (Å²) in [6.45, 7) is 0.336. The number of ether oxygens (including phenoxy) is 1. The van der Waals surface area contributed by atoms with Crippen LogP contribution in [0.4, 0.5) is 13.2 Å². The van der Waals surface area contributed by atoms with Crippen LogP contribution in [0.1, 0.15) is 15.9 Å². The topological polar surface area (TPSA) is 69.6 Å². The van der Waals surface area contributed by atoms with Gasteiger partial charge in [0.15, 0.2) is 14.7 Å². The number of rotatable bonds is 7. The Bertz CT molecular complexity index is 1490. The van der Waals surface area contributed by atoms with Crippen molar-refractivity contribution in [1.29, 1.82) is 0 Å². The molecular weight excluding hydrogens is 664 g/mol. The van der Waals surface area contributed by atoms with E-state index < -0.39 is 22.6 Å². The Labute approximate surface area is 251 Å². The van der Waals surface area contributed by atoms with Crippen molar-refractivity contribution < 1.29 is 32.9 Å². The van der Waals surface area contributed by atoms with Gasteiger partial charge in [-0.05, 0) is 131 Å². The predicted octanol–water partition coefficient (Wildman–Crippen LogP) is 7.84. The summed E-state index contributed by atoms with van der Waals surface area (Å²) in [5, 5.41) is 20.2. The summed E-state index contributed by atoms with van der Waals surface area (Å²) in [5.74, 6) is -2.35. The highest BCUT2D eigenvalue weighted by Crippen LogP contribution is 2.31. The van der Waals surface area contributed by atoms with Crippen LogP contribution in [0, 0.1) is 21.0 Å². The van der Waals surface area contributed by atoms with Crippen LogP contribution in [0.15, 0.2) is 130 Å². The Morgan fingerprint density at radius 3 is 1.54 bits per heavy atom. The van der Waals surface area contributed by atoms with Crippen molar-refractivity contribution in [2.24, 2.45) is 0 Å². The fourth-order valence-electron chi connectivity index (χ4n) is 3.64. The van der Waals surface area contributed by atoms with E-state index in [2.05, 4.69) is 22.6 Å². The molecule has 0 aliphatic carbocycles. The van der Waals surface area contributed by atoms with Crippen LogP contribution in [-0.4, -0.2) is 11.1 Å². The molecule has 9 heteroatoms. The highest BCUT2D eigenvalue weighted by molar-refractivity contribution is 14.1. The standard InChI is InChI=1S/C18H12F3S.C14H11IO4/c19-13-1-7-16(8-2-13)22(17-9-3-14(20)4-10-17)18-11-5-15(21)6-12-18;15-10-3-1-9(2-4-10)8-19-11-5-6-12(14(17)18)13(16)7-11/h1-12H;1-7,16H,8H2,(H,17,18)/q+1;/p-1. The van der Waals surface area contributed by atoms with E-state index in [0.717, 1.165) is 23.8 Å². The molecule has 0 heterocycles. The van der Waals surface area contributed by atoms with Gasteiger partial charge in [-0.3, -0.25) is 0 Å². The highest BCUT2D eigenvalue weighted by atomic mass is 127. The van der Waals surface area contributed by atoms with Gasteiger partial charge in [-0.1, -0.05) is 17.9 Å². The summed E-state index contributed by atoms with van der Waals surface area (Å²) >= 11 is 2.21. The summed E-state index contributed by atoms with van der Waals surface area (Å²) in [6.07, 6.45) is 0. The van der Waals surface area contributed by atoms with Crippen molar-refractivity contribution in [2.45, 2.75) is 21.3 Å². The van der Waals surface area contributed by atoms with Gasteiger partial charge in [-0.25, -0.2) is 18.0 Å². The van der Waals surface area contributed by atoms with Crippen molar-refractivity contribution >= 4 is 39.5 Å². The minimum absolute atomic E-state index is 0.249. The second-order valence-electron chi connectivity index (χ2n) is 8.55. The molecule has 0 aliphatic heterocycles. The number of hydrogen-bond donors (Lipinski definition) is 1. The molecule has 4 nitrogen and oxygen atoms in total. The van der Waals surface area contributed by atoms with Crippen LogP contribution in [0.3, 0.4) is 0 Å². The fraction of sp³-hybridized carbons (Fsp3) is 0.0312. The average molecular weight is 686 g/mol. The van der Waals surface area contributed by atoms with Gasteiger partial charge >= 0.3 is 5.97 Å². The van der Waals surface area contributed by atoms with Crippen LogP contribution in [0.2, 0.25) is 0 Å². The first-order chi connectivity index (χ1) is 19.7. The van der Waals surface area contributed by atoms with E-state index in [1.165, 1.54) is 54.6 Å². The average Bonchev–Trinajstić information content (AvgIpc) is 2.96. The molecule has 0 bridgehead atoms. The van der Waals surface area contributed by atoms with Gasteiger partial charge < -0.3 is 14.9 Å². The van der Waals surface area contributed by atoms with Crippen LogP contribution in [0.5, 0.6) is 11.5 Å². The number of halogens is 4. The lowest BCUT2D eigenvalue weighted by atomic mass is 10.2. The van der Waals surface area contributed by atoms with Crippen LogP contribution in [-0.2, 0) is 17.5 Å². The normalized spacial score (nSPS) is 10.6. The molecule has 0 saturated carbocycles. The third kappa shape index (κ3) is 8.51. The molecule has 0 radical (unpaired) electrons. The molecule has 0 aliphatic rings. The van der Waals surface area contributed by atoms with Gasteiger partial charge in [0.25, 0.3) is 0 Å². The van der Waals surface area contributed by atoms with Gasteiger partial charge in [0.2, 0.25) is 0 Å². The second kappa shape index (κ2) is 14.1. The van der Waals surface area contributed by atoms with Gasteiger partial charge in [0, 0.05) is 3.57 Å². The maximum atomic E-state index is 13.2. The number of carboxylic acid groups (broad SMARTS) is 1. The van der Waals surface area contributed by atoms with E-state index in [4.69, 9.17) is 9.84 Å². The van der Waals surface area contributed by atoms with Crippen LogP contribution >= 0.6 is 22.6 Å². The van der Waals surface area contributed by atoms with Crippen LogP contribution < -0.4 is 9.84 Å². The molecule has 0 unspecified atom stereocenters. The Morgan fingerprint density at radius 1 is 0.707 bits per heavy atom. The molecule has 0 amide bonds. The van der Waals surface area contributed by atoms with Crippen molar-refractivity contribution in [3.05, 3.63) is 147 Å². The molecule has 0 aromatic heterocycles. The van der Waals surface area contributed by atoms with Gasteiger partial charge in [0.1, 0.15) is 29.8 Å². The number of carbonyl (C=O) groups is 1. The van der Waals surface area contributed by atoms with Gasteiger partial charge in [0.05, 0.1) is 16.5 Å². The van der Waals surface area contributed by atoms with E-state index in [-0.39, 0.29) is 23.0 Å². The largest absolute Gasteiger partial charge is 0.872 e. The maximum Gasteiger partial charge on any atom is 0.335 e. The number of aromatic carboxylic acids is 1. The van der Waals surface area contributed by atoms with Crippen molar-refractivity contribution in [2.75, 3.05) is 0 Å².